The maximum absolute atomic E-state index is 11.5. The van der Waals surface area contributed by atoms with Crippen LogP contribution in [0.1, 0.15) is 27.2 Å². The number of hydrogen-bond donors (Lipinski definition) is 2. The predicted molar refractivity (Wildman–Crippen MR) is 87.7 cm³/mol. The minimum absolute atomic E-state index is 0.0742. The number of pyridine rings is 1. The molecule has 0 aliphatic carbocycles. The molecule has 116 valence electrons. The number of carboxylic acid groups (broad SMARTS) is 1. The molecular weight excluding hydrogens is 292 g/mol. The van der Waals surface area contributed by atoms with Crippen molar-refractivity contribution in [2.24, 2.45) is 0 Å². The SMILES string of the molecule is Cc1cn2cc(C(=O)O)c(CC=Cc3ccccc3)c(O)c2n1. The van der Waals surface area contributed by atoms with Crippen molar-refractivity contribution in [1.29, 1.82) is 0 Å². The lowest BCUT2D eigenvalue weighted by molar-refractivity contribution is 0.0694. The third-order valence-corrected chi connectivity index (χ3v) is 3.61. The van der Waals surface area contributed by atoms with Crippen LogP contribution < -0.4 is 0 Å². The number of benzene rings is 1. The molecule has 5 heteroatoms. The molecule has 0 unspecified atom stereocenters. The summed E-state index contributed by atoms with van der Waals surface area (Å²) in [6, 6.07) is 9.70. The molecule has 5 nitrogen and oxygen atoms in total. The molecule has 0 saturated carbocycles. The lowest BCUT2D eigenvalue weighted by Crippen LogP contribution is -2.05. The zero-order valence-corrected chi connectivity index (χ0v) is 12.6. The molecule has 0 atom stereocenters. The summed E-state index contributed by atoms with van der Waals surface area (Å²) in [4.78, 5) is 15.7. The predicted octanol–water partition coefficient (Wildman–Crippen LogP) is 3.30. The van der Waals surface area contributed by atoms with E-state index in [1.807, 2.05) is 42.5 Å². The highest BCUT2D eigenvalue weighted by atomic mass is 16.4. The zero-order chi connectivity index (χ0) is 16.4. The largest absolute Gasteiger partial charge is 0.504 e. The number of carboxylic acids is 1. The van der Waals surface area contributed by atoms with Gasteiger partial charge in [0.2, 0.25) is 0 Å². The first-order valence-electron chi connectivity index (χ1n) is 7.21. The van der Waals surface area contributed by atoms with Crippen molar-refractivity contribution in [3.8, 4) is 5.75 Å². The summed E-state index contributed by atoms with van der Waals surface area (Å²) in [6.45, 7) is 1.79. The molecular formula is C18H16N2O3. The van der Waals surface area contributed by atoms with Gasteiger partial charge >= 0.3 is 5.97 Å². The number of nitrogens with zero attached hydrogens (tertiary/aromatic N) is 2. The molecule has 23 heavy (non-hydrogen) atoms. The van der Waals surface area contributed by atoms with E-state index in [1.165, 1.54) is 6.20 Å². The fraction of sp³-hybridized carbons (Fsp3) is 0.111. The molecule has 1 aromatic carbocycles. The second-order valence-corrected chi connectivity index (χ2v) is 5.31. The smallest absolute Gasteiger partial charge is 0.337 e. The quantitative estimate of drug-likeness (QED) is 0.775. The fourth-order valence-corrected chi connectivity index (χ4v) is 2.54. The Balaban J connectivity index is 2.01. The Bertz CT molecular complexity index is 896. The van der Waals surface area contributed by atoms with Crippen LogP contribution in [0, 0.1) is 6.92 Å². The highest BCUT2D eigenvalue weighted by Crippen LogP contribution is 2.28. The van der Waals surface area contributed by atoms with Crippen LogP contribution in [0.15, 0.2) is 48.8 Å². The average Bonchev–Trinajstić information content (AvgIpc) is 2.91. The van der Waals surface area contributed by atoms with Gasteiger partial charge < -0.3 is 14.6 Å². The molecule has 0 saturated heterocycles. The van der Waals surface area contributed by atoms with Gasteiger partial charge in [0, 0.05) is 18.0 Å². The van der Waals surface area contributed by atoms with E-state index in [0.717, 1.165) is 5.56 Å². The van der Waals surface area contributed by atoms with Gasteiger partial charge in [-0.25, -0.2) is 9.78 Å². The van der Waals surface area contributed by atoms with Gasteiger partial charge in [-0.1, -0.05) is 42.5 Å². The summed E-state index contributed by atoms with van der Waals surface area (Å²) in [6.07, 6.45) is 7.22. The summed E-state index contributed by atoms with van der Waals surface area (Å²) in [7, 11) is 0. The number of aromatic carboxylic acids is 1. The number of imidazole rings is 1. The van der Waals surface area contributed by atoms with Crippen molar-refractivity contribution >= 4 is 17.7 Å². The van der Waals surface area contributed by atoms with Crippen LogP contribution in [-0.4, -0.2) is 25.6 Å². The number of hydrogen-bond acceptors (Lipinski definition) is 3. The van der Waals surface area contributed by atoms with Crippen molar-refractivity contribution in [2.75, 3.05) is 0 Å². The number of aromatic hydroxyl groups is 1. The van der Waals surface area contributed by atoms with Crippen LogP contribution in [0.5, 0.6) is 5.75 Å². The van der Waals surface area contributed by atoms with Crippen molar-refractivity contribution in [3.63, 3.8) is 0 Å². The Morgan fingerprint density at radius 1 is 1.26 bits per heavy atom. The Kier molecular flexibility index (Phi) is 3.85. The Morgan fingerprint density at radius 3 is 2.70 bits per heavy atom. The zero-order valence-electron chi connectivity index (χ0n) is 12.6. The minimum atomic E-state index is -1.07. The van der Waals surface area contributed by atoms with Gasteiger partial charge in [0.25, 0.3) is 0 Å². The third kappa shape index (κ3) is 2.94. The van der Waals surface area contributed by atoms with E-state index in [2.05, 4.69) is 4.98 Å². The molecule has 0 amide bonds. The van der Waals surface area contributed by atoms with E-state index in [-0.39, 0.29) is 11.3 Å². The maximum atomic E-state index is 11.5. The lowest BCUT2D eigenvalue weighted by atomic mass is 10.0. The summed E-state index contributed by atoms with van der Waals surface area (Å²) in [5, 5.41) is 19.8. The van der Waals surface area contributed by atoms with Gasteiger partial charge in [0.15, 0.2) is 11.4 Å². The fourth-order valence-electron chi connectivity index (χ4n) is 2.54. The van der Waals surface area contributed by atoms with E-state index in [9.17, 15) is 15.0 Å². The van der Waals surface area contributed by atoms with Crippen molar-refractivity contribution < 1.29 is 15.0 Å². The van der Waals surface area contributed by atoms with Crippen molar-refractivity contribution in [2.45, 2.75) is 13.3 Å². The normalized spacial score (nSPS) is 11.3. The molecule has 0 spiro atoms. The molecule has 0 radical (unpaired) electrons. The summed E-state index contributed by atoms with van der Waals surface area (Å²) < 4.78 is 1.54. The second kappa shape index (κ2) is 5.96. The molecule has 0 bridgehead atoms. The van der Waals surface area contributed by atoms with Crippen molar-refractivity contribution in [3.05, 3.63) is 71.2 Å². The Morgan fingerprint density at radius 2 is 2.00 bits per heavy atom. The van der Waals surface area contributed by atoms with Gasteiger partial charge in [-0.2, -0.15) is 0 Å². The van der Waals surface area contributed by atoms with E-state index in [1.54, 1.807) is 17.5 Å². The summed E-state index contributed by atoms with van der Waals surface area (Å²) in [5.41, 5.74) is 2.54. The monoisotopic (exact) mass is 308 g/mol. The van der Waals surface area contributed by atoms with E-state index in [4.69, 9.17) is 0 Å². The number of aromatic nitrogens is 2. The average molecular weight is 308 g/mol. The number of fused-ring (bicyclic) bond motifs is 1. The summed E-state index contributed by atoms with van der Waals surface area (Å²) >= 11 is 0. The van der Waals surface area contributed by atoms with E-state index < -0.39 is 5.97 Å². The molecule has 3 aromatic rings. The topological polar surface area (TPSA) is 74.8 Å². The second-order valence-electron chi connectivity index (χ2n) is 5.31. The highest BCUT2D eigenvalue weighted by Gasteiger charge is 2.18. The maximum Gasteiger partial charge on any atom is 0.337 e. The van der Waals surface area contributed by atoms with Crippen LogP contribution in [0.4, 0.5) is 0 Å². The number of aryl methyl sites for hydroxylation is 1. The van der Waals surface area contributed by atoms with Gasteiger partial charge in [-0.05, 0) is 18.9 Å². The van der Waals surface area contributed by atoms with Crippen LogP contribution in [0.3, 0.4) is 0 Å². The molecule has 2 aromatic heterocycles. The van der Waals surface area contributed by atoms with Gasteiger partial charge in [-0.15, -0.1) is 0 Å². The van der Waals surface area contributed by atoms with Crippen LogP contribution in [-0.2, 0) is 6.42 Å². The highest BCUT2D eigenvalue weighted by molar-refractivity contribution is 5.91. The van der Waals surface area contributed by atoms with Gasteiger partial charge in [0.05, 0.1) is 11.3 Å². The first-order chi connectivity index (χ1) is 11.1. The van der Waals surface area contributed by atoms with E-state index >= 15 is 0 Å². The number of carbonyl (C=O) groups is 1. The van der Waals surface area contributed by atoms with Gasteiger partial charge in [0.1, 0.15) is 0 Å². The third-order valence-electron chi connectivity index (χ3n) is 3.61. The molecule has 0 fully saturated rings. The van der Waals surface area contributed by atoms with Crippen LogP contribution in [0.25, 0.3) is 11.7 Å². The van der Waals surface area contributed by atoms with Crippen LogP contribution >= 0.6 is 0 Å². The Hall–Kier alpha value is -3.08. The number of allylic oxidation sites excluding steroid dienone is 1. The molecule has 2 heterocycles. The molecule has 0 aliphatic heterocycles. The summed E-state index contributed by atoms with van der Waals surface area (Å²) in [5.74, 6) is -1.16. The first kappa shape index (κ1) is 14.8. The first-order valence-corrected chi connectivity index (χ1v) is 7.21. The molecule has 3 rings (SSSR count). The van der Waals surface area contributed by atoms with Crippen molar-refractivity contribution in [1.82, 2.24) is 9.38 Å². The lowest BCUT2D eigenvalue weighted by Gasteiger charge is -2.08. The molecule has 0 aliphatic rings. The standard InChI is InChI=1S/C18H16N2O3/c1-12-10-20-11-15(18(22)23)14(16(21)17(20)19-12)9-5-8-13-6-3-2-4-7-13/h2-8,10-11,21H,9H2,1H3,(H,22,23). The van der Waals surface area contributed by atoms with Gasteiger partial charge in [-0.3, -0.25) is 0 Å². The minimum Gasteiger partial charge on any atom is -0.504 e. The van der Waals surface area contributed by atoms with E-state index in [0.29, 0.717) is 23.3 Å². The number of rotatable bonds is 4. The molecule has 2 N–H and O–H groups in total. The Labute approximate surface area is 133 Å². The van der Waals surface area contributed by atoms with Crippen LogP contribution in [0.2, 0.25) is 0 Å².